The Kier molecular flexibility index (Phi) is 3.50. The lowest BCUT2D eigenvalue weighted by Crippen LogP contribution is -2.65. The third-order valence-corrected chi connectivity index (χ3v) is 3.74. The monoisotopic (exact) mass is 334 g/mol. The summed E-state index contributed by atoms with van der Waals surface area (Å²) in [4.78, 5) is 9.39. The van der Waals surface area contributed by atoms with Crippen LogP contribution < -0.4 is 11.1 Å². The minimum Gasteiger partial charge on any atom is -0.459 e. The molecule has 2 aromatic rings. The Balaban J connectivity index is 1.64. The Labute approximate surface area is 135 Å². The molecule has 24 heavy (non-hydrogen) atoms. The first-order valence-electron chi connectivity index (χ1n) is 7.30. The highest BCUT2D eigenvalue weighted by Crippen LogP contribution is 2.30. The number of furan rings is 1. The number of nitrogens with zero attached hydrogens (tertiary/aromatic N) is 2. The number of aliphatic imine (C=N–C) groups is 1. The summed E-state index contributed by atoms with van der Waals surface area (Å²) in [6.07, 6.45) is 0.994. The van der Waals surface area contributed by atoms with Crippen molar-refractivity contribution in [2.75, 3.05) is 18.5 Å². The van der Waals surface area contributed by atoms with Crippen LogP contribution in [-0.4, -0.2) is 35.2 Å². The molecule has 126 valence electrons. The molecule has 3 heterocycles. The number of guanidine groups is 1. The SMILES string of the molecule is NC12OCCON1C(Nc1ccc3oc(CO)cc3c1)=NC=C2F. The number of nitrogens with one attached hydrogen (secondary N) is 1. The van der Waals surface area contributed by atoms with Crippen LogP contribution in [0.5, 0.6) is 0 Å². The molecule has 1 unspecified atom stereocenters. The van der Waals surface area contributed by atoms with Gasteiger partial charge in [-0.05, 0) is 24.3 Å². The van der Waals surface area contributed by atoms with Gasteiger partial charge in [0, 0.05) is 11.1 Å². The lowest BCUT2D eigenvalue weighted by Gasteiger charge is -2.43. The Hall–Kier alpha value is -2.46. The van der Waals surface area contributed by atoms with Gasteiger partial charge in [-0.2, -0.15) is 5.06 Å². The summed E-state index contributed by atoms with van der Waals surface area (Å²) in [5.41, 5.74) is 7.25. The first-order valence-corrected chi connectivity index (χ1v) is 7.30. The molecule has 4 N–H and O–H groups in total. The Morgan fingerprint density at radius 1 is 1.38 bits per heavy atom. The zero-order chi connectivity index (χ0) is 16.7. The van der Waals surface area contributed by atoms with E-state index < -0.39 is 11.7 Å². The number of benzene rings is 1. The van der Waals surface area contributed by atoms with E-state index >= 15 is 0 Å². The highest BCUT2D eigenvalue weighted by atomic mass is 19.1. The van der Waals surface area contributed by atoms with Crippen molar-refractivity contribution in [1.82, 2.24) is 5.06 Å². The van der Waals surface area contributed by atoms with Gasteiger partial charge in [-0.1, -0.05) is 0 Å². The molecule has 1 atom stereocenters. The van der Waals surface area contributed by atoms with E-state index in [2.05, 4.69) is 10.3 Å². The number of hydrogen-bond acceptors (Lipinski definition) is 8. The predicted octanol–water partition coefficient (Wildman–Crippen LogP) is 1.39. The van der Waals surface area contributed by atoms with Crippen LogP contribution in [-0.2, 0) is 16.2 Å². The van der Waals surface area contributed by atoms with Crippen molar-refractivity contribution < 1.29 is 23.5 Å². The lowest BCUT2D eigenvalue weighted by molar-refractivity contribution is -0.305. The van der Waals surface area contributed by atoms with Crippen LogP contribution in [0.3, 0.4) is 0 Å². The van der Waals surface area contributed by atoms with Crippen LogP contribution in [0.4, 0.5) is 10.1 Å². The average molecular weight is 334 g/mol. The van der Waals surface area contributed by atoms with E-state index in [1.54, 1.807) is 24.3 Å². The van der Waals surface area contributed by atoms with Crippen LogP contribution in [0.1, 0.15) is 5.76 Å². The average Bonchev–Trinajstić information content (AvgIpc) is 3.00. The second-order valence-corrected chi connectivity index (χ2v) is 5.35. The van der Waals surface area contributed by atoms with E-state index in [0.29, 0.717) is 17.0 Å². The van der Waals surface area contributed by atoms with Gasteiger partial charge in [-0.3, -0.25) is 10.6 Å². The maximum absolute atomic E-state index is 14.0. The van der Waals surface area contributed by atoms with Gasteiger partial charge in [0.15, 0.2) is 5.83 Å². The van der Waals surface area contributed by atoms with E-state index in [9.17, 15) is 4.39 Å². The molecule has 1 fully saturated rings. The molecule has 0 aliphatic carbocycles. The molecule has 1 aromatic carbocycles. The van der Waals surface area contributed by atoms with Crippen molar-refractivity contribution >= 4 is 22.6 Å². The van der Waals surface area contributed by atoms with Gasteiger partial charge in [0.1, 0.15) is 18.0 Å². The summed E-state index contributed by atoms with van der Waals surface area (Å²) in [7, 11) is 0. The van der Waals surface area contributed by atoms with Crippen molar-refractivity contribution in [2.24, 2.45) is 10.7 Å². The molecule has 1 saturated heterocycles. The smallest absolute Gasteiger partial charge is 0.277 e. The second-order valence-electron chi connectivity index (χ2n) is 5.35. The molecule has 2 aliphatic rings. The maximum atomic E-state index is 14.0. The molecule has 0 bridgehead atoms. The topological polar surface area (TPSA) is 105 Å². The van der Waals surface area contributed by atoms with Gasteiger partial charge in [-0.25, -0.2) is 9.38 Å². The second kappa shape index (κ2) is 5.56. The fraction of sp³-hybridized carbons (Fsp3) is 0.267. The van der Waals surface area contributed by atoms with Crippen molar-refractivity contribution in [3.8, 4) is 0 Å². The van der Waals surface area contributed by atoms with Crippen LogP contribution in [0.25, 0.3) is 11.0 Å². The molecule has 4 rings (SSSR count). The summed E-state index contributed by atoms with van der Waals surface area (Å²) >= 11 is 0. The summed E-state index contributed by atoms with van der Waals surface area (Å²) in [6.45, 7) is 0.225. The molecule has 0 radical (unpaired) electrons. The maximum Gasteiger partial charge on any atom is 0.277 e. The highest BCUT2D eigenvalue weighted by Gasteiger charge is 2.47. The fourth-order valence-corrected chi connectivity index (χ4v) is 2.59. The molecule has 1 aromatic heterocycles. The molecule has 0 amide bonds. The third-order valence-electron chi connectivity index (χ3n) is 3.74. The van der Waals surface area contributed by atoms with Gasteiger partial charge in [0.25, 0.3) is 5.85 Å². The van der Waals surface area contributed by atoms with Crippen LogP contribution >= 0.6 is 0 Å². The minimum absolute atomic E-state index is 0.173. The number of halogens is 1. The van der Waals surface area contributed by atoms with Crippen molar-refractivity contribution in [3.05, 3.63) is 42.1 Å². The number of anilines is 1. The van der Waals surface area contributed by atoms with Gasteiger partial charge in [-0.15, -0.1) is 0 Å². The summed E-state index contributed by atoms with van der Waals surface area (Å²) in [5.74, 6) is -1.91. The van der Waals surface area contributed by atoms with Crippen molar-refractivity contribution in [2.45, 2.75) is 12.5 Å². The number of aliphatic hydroxyl groups excluding tert-OH is 1. The summed E-state index contributed by atoms with van der Waals surface area (Å²) < 4.78 is 24.7. The van der Waals surface area contributed by atoms with E-state index in [0.717, 1.165) is 16.6 Å². The number of ether oxygens (including phenoxy) is 1. The quantitative estimate of drug-likeness (QED) is 0.762. The molecule has 2 aliphatic heterocycles. The molecular formula is C15H15FN4O4. The van der Waals surface area contributed by atoms with E-state index in [1.165, 1.54) is 0 Å². The fourth-order valence-electron chi connectivity index (χ4n) is 2.59. The zero-order valence-electron chi connectivity index (χ0n) is 12.5. The van der Waals surface area contributed by atoms with Crippen LogP contribution in [0.15, 0.2) is 45.7 Å². The minimum atomic E-state index is -1.83. The number of fused-ring (bicyclic) bond motifs is 2. The van der Waals surface area contributed by atoms with Crippen LogP contribution in [0.2, 0.25) is 0 Å². The van der Waals surface area contributed by atoms with E-state index in [4.69, 9.17) is 24.8 Å². The third kappa shape index (κ3) is 2.34. The standard InChI is InChI=1S/C15H15FN4O4/c16-13-7-18-14(20-15(13,17)22-3-4-23-20)19-10-1-2-12-9(5-10)6-11(8-21)24-12/h1-2,5-7,21H,3-4,8,17H2,(H,18,19). The van der Waals surface area contributed by atoms with Gasteiger partial charge < -0.3 is 19.6 Å². The lowest BCUT2D eigenvalue weighted by atomic mass is 10.2. The Bertz CT molecular complexity index is 849. The van der Waals surface area contributed by atoms with Crippen molar-refractivity contribution in [1.29, 1.82) is 0 Å². The van der Waals surface area contributed by atoms with Gasteiger partial charge in [0.05, 0.1) is 19.4 Å². The van der Waals surface area contributed by atoms with Gasteiger partial charge in [0.2, 0.25) is 5.96 Å². The predicted molar refractivity (Wildman–Crippen MR) is 83.0 cm³/mol. The zero-order valence-corrected chi connectivity index (χ0v) is 12.5. The molecule has 8 nitrogen and oxygen atoms in total. The molecular weight excluding hydrogens is 319 g/mol. The number of hydrogen-bond donors (Lipinski definition) is 3. The normalized spacial score (nSPS) is 23.7. The van der Waals surface area contributed by atoms with Gasteiger partial charge >= 0.3 is 0 Å². The number of rotatable bonds is 2. The highest BCUT2D eigenvalue weighted by molar-refractivity contribution is 5.96. The molecule has 0 saturated carbocycles. The molecule has 0 spiro atoms. The van der Waals surface area contributed by atoms with Crippen molar-refractivity contribution in [3.63, 3.8) is 0 Å². The summed E-state index contributed by atoms with van der Waals surface area (Å²) in [5, 5.41) is 14.0. The molecule has 9 heteroatoms. The Morgan fingerprint density at radius 3 is 3.08 bits per heavy atom. The largest absolute Gasteiger partial charge is 0.459 e. The van der Waals surface area contributed by atoms with E-state index in [1.807, 2.05) is 0 Å². The van der Waals surface area contributed by atoms with Crippen LogP contribution in [0, 0.1) is 0 Å². The first-order chi connectivity index (χ1) is 11.6. The number of nitrogens with two attached hydrogens (primary N) is 1. The number of hydroxylamine groups is 2. The number of aliphatic hydroxyl groups is 1. The summed E-state index contributed by atoms with van der Waals surface area (Å²) in [6, 6.07) is 7.04. The van der Waals surface area contributed by atoms with E-state index in [-0.39, 0.29) is 25.8 Å². The Morgan fingerprint density at radius 2 is 2.25 bits per heavy atom. The first kappa shape index (κ1) is 15.1.